The van der Waals surface area contributed by atoms with E-state index >= 15 is 0 Å². The van der Waals surface area contributed by atoms with Crippen molar-refractivity contribution in [1.29, 1.82) is 0 Å². The Morgan fingerprint density at radius 1 is 1.31 bits per heavy atom. The molecule has 0 atom stereocenters. The Balaban J connectivity index is 2.90. The summed E-state index contributed by atoms with van der Waals surface area (Å²) in [5.41, 5.74) is 0.484. The molecule has 0 spiro atoms. The second-order valence-corrected chi connectivity index (χ2v) is 6.62. The molecule has 4 nitrogen and oxygen atoms in total. The number of fused-ring (bicyclic) bond motifs is 1. The third kappa shape index (κ3) is 1.99. The summed E-state index contributed by atoms with van der Waals surface area (Å²) < 4.78 is 23.3. The summed E-state index contributed by atoms with van der Waals surface area (Å²) in [6.45, 7) is 0. The maximum atomic E-state index is 11.8. The third-order valence-electron chi connectivity index (χ3n) is 2.24. The summed E-state index contributed by atoms with van der Waals surface area (Å²) >= 11 is 1.91. The molecule has 1 heterocycles. The van der Waals surface area contributed by atoms with Crippen LogP contribution in [0.15, 0.2) is 34.1 Å². The molecule has 1 N–H and O–H groups in total. The number of hydrogen-bond donors (Lipinski definition) is 1. The molecule has 0 aliphatic heterocycles. The lowest BCUT2D eigenvalue weighted by atomic mass is 10.2. The average molecular weight is 349 g/mol. The minimum Gasteiger partial charge on any atom is -0.360 e. The first-order chi connectivity index (χ1) is 7.39. The monoisotopic (exact) mass is 349 g/mol. The van der Waals surface area contributed by atoms with Gasteiger partial charge in [0.2, 0.25) is 5.43 Å². The lowest BCUT2D eigenvalue weighted by molar-refractivity contribution is 0.602. The third-order valence-corrected chi connectivity index (χ3v) is 4.15. The Labute approximate surface area is 106 Å². The zero-order valence-corrected chi connectivity index (χ0v) is 11.3. The van der Waals surface area contributed by atoms with E-state index in [1.54, 1.807) is 12.3 Å². The van der Waals surface area contributed by atoms with Gasteiger partial charge in [0.05, 0.1) is 8.47 Å². The fourth-order valence-electron chi connectivity index (χ4n) is 1.40. The number of H-pyrrole nitrogens is 1. The zero-order chi connectivity index (χ0) is 11.9. The van der Waals surface area contributed by atoms with E-state index in [1.807, 2.05) is 22.6 Å². The largest absolute Gasteiger partial charge is 0.360 e. The van der Waals surface area contributed by atoms with Crippen LogP contribution in [-0.4, -0.2) is 19.7 Å². The van der Waals surface area contributed by atoms with E-state index in [1.165, 1.54) is 12.1 Å². The van der Waals surface area contributed by atoms with Gasteiger partial charge in [0.15, 0.2) is 9.84 Å². The van der Waals surface area contributed by atoms with Crippen LogP contribution in [0, 0.1) is 3.57 Å². The van der Waals surface area contributed by atoms with Crippen molar-refractivity contribution >= 4 is 43.3 Å². The molecule has 2 aromatic rings. The number of nitrogens with one attached hydrogen (secondary N) is 1. The summed E-state index contributed by atoms with van der Waals surface area (Å²) in [7, 11) is -3.28. The molecule has 0 amide bonds. The molecule has 1 aromatic heterocycles. The molecule has 0 bridgehead atoms. The Morgan fingerprint density at radius 2 is 2.00 bits per heavy atom. The van der Waals surface area contributed by atoms with Crippen LogP contribution in [0.3, 0.4) is 0 Å². The maximum absolute atomic E-state index is 11.8. The molecular weight excluding hydrogens is 341 g/mol. The number of aromatic amines is 1. The van der Waals surface area contributed by atoms with E-state index in [0.717, 1.165) is 6.26 Å². The number of sulfone groups is 1. The predicted molar refractivity (Wildman–Crippen MR) is 70.4 cm³/mol. The van der Waals surface area contributed by atoms with Crippen molar-refractivity contribution in [2.45, 2.75) is 4.90 Å². The van der Waals surface area contributed by atoms with Gasteiger partial charge in [0.25, 0.3) is 0 Å². The number of hydrogen-bond acceptors (Lipinski definition) is 3. The normalized spacial score (nSPS) is 11.9. The minimum absolute atomic E-state index is 0.153. The fourth-order valence-corrected chi connectivity index (χ4v) is 2.50. The second-order valence-electron chi connectivity index (χ2n) is 3.45. The predicted octanol–water partition coefficient (Wildman–Crippen LogP) is 1.54. The topological polar surface area (TPSA) is 67.0 Å². The van der Waals surface area contributed by atoms with Gasteiger partial charge >= 0.3 is 0 Å². The minimum atomic E-state index is -3.28. The van der Waals surface area contributed by atoms with Gasteiger partial charge in [0.1, 0.15) is 0 Å². The van der Waals surface area contributed by atoms with Crippen molar-refractivity contribution in [3.63, 3.8) is 0 Å². The summed E-state index contributed by atoms with van der Waals surface area (Å²) in [6, 6.07) is 4.50. The molecule has 1 aromatic carbocycles. The zero-order valence-electron chi connectivity index (χ0n) is 8.32. The number of pyridine rings is 1. The Kier molecular flexibility index (Phi) is 2.79. The van der Waals surface area contributed by atoms with Gasteiger partial charge in [-0.2, -0.15) is 0 Å². The van der Waals surface area contributed by atoms with Crippen LogP contribution < -0.4 is 5.43 Å². The lowest BCUT2D eigenvalue weighted by Gasteiger charge is -2.01. The van der Waals surface area contributed by atoms with Gasteiger partial charge in [-0.1, -0.05) is 0 Å². The molecule has 0 aliphatic rings. The van der Waals surface area contributed by atoms with Gasteiger partial charge in [-0.05, 0) is 40.8 Å². The molecular formula is C10H8INO3S. The van der Waals surface area contributed by atoms with E-state index in [4.69, 9.17) is 0 Å². The van der Waals surface area contributed by atoms with Gasteiger partial charge < -0.3 is 4.98 Å². The van der Waals surface area contributed by atoms with Gasteiger partial charge in [-0.15, -0.1) is 0 Å². The molecule has 16 heavy (non-hydrogen) atoms. The highest BCUT2D eigenvalue weighted by atomic mass is 127. The summed E-state index contributed by atoms with van der Waals surface area (Å²) in [6.07, 6.45) is 2.72. The molecule has 0 unspecified atom stereocenters. The van der Waals surface area contributed by atoms with Crippen LogP contribution in [0.4, 0.5) is 0 Å². The number of halogens is 1. The summed E-state index contributed by atoms with van der Waals surface area (Å²) in [4.78, 5) is 14.9. The van der Waals surface area contributed by atoms with Crippen LogP contribution in [0.1, 0.15) is 0 Å². The molecule has 6 heteroatoms. The highest BCUT2D eigenvalue weighted by molar-refractivity contribution is 14.1. The van der Waals surface area contributed by atoms with E-state index in [9.17, 15) is 13.2 Å². The maximum Gasteiger partial charge on any atom is 0.202 e. The second kappa shape index (κ2) is 3.85. The first kappa shape index (κ1) is 11.6. The Bertz CT molecular complexity index is 718. The van der Waals surface area contributed by atoms with Crippen molar-refractivity contribution in [2.75, 3.05) is 6.26 Å². The molecule has 0 fully saturated rings. The summed E-state index contributed by atoms with van der Waals surface area (Å²) in [5, 5.41) is 0.398. The standard InChI is InChI=1S/C10H8INO3S/c1-16(14,15)6-2-3-9-7(4-6)10(13)8(11)5-12-9/h2-5H,1H3,(H,12,13). The van der Waals surface area contributed by atoms with E-state index in [0.29, 0.717) is 14.5 Å². The highest BCUT2D eigenvalue weighted by Gasteiger charge is 2.10. The van der Waals surface area contributed by atoms with E-state index in [2.05, 4.69) is 4.98 Å². The van der Waals surface area contributed by atoms with E-state index in [-0.39, 0.29) is 10.3 Å². The molecule has 84 valence electrons. The van der Waals surface area contributed by atoms with Gasteiger partial charge in [0, 0.05) is 23.4 Å². The summed E-state index contributed by atoms with van der Waals surface area (Å²) in [5.74, 6) is 0. The van der Waals surface area contributed by atoms with Crippen LogP contribution in [0.2, 0.25) is 0 Å². The van der Waals surface area contributed by atoms with Crippen molar-refractivity contribution in [3.8, 4) is 0 Å². The smallest absolute Gasteiger partial charge is 0.202 e. The molecule has 2 rings (SSSR count). The van der Waals surface area contributed by atoms with Gasteiger partial charge in [-0.3, -0.25) is 4.79 Å². The van der Waals surface area contributed by atoms with Crippen molar-refractivity contribution < 1.29 is 8.42 Å². The van der Waals surface area contributed by atoms with Crippen molar-refractivity contribution in [2.24, 2.45) is 0 Å². The van der Waals surface area contributed by atoms with Crippen LogP contribution in [0.25, 0.3) is 10.9 Å². The fraction of sp³-hybridized carbons (Fsp3) is 0.100. The van der Waals surface area contributed by atoms with Crippen LogP contribution in [0.5, 0.6) is 0 Å². The number of aromatic nitrogens is 1. The first-order valence-corrected chi connectivity index (χ1v) is 7.37. The van der Waals surface area contributed by atoms with Crippen LogP contribution >= 0.6 is 22.6 Å². The van der Waals surface area contributed by atoms with Gasteiger partial charge in [-0.25, -0.2) is 8.42 Å². The number of rotatable bonds is 1. The van der Waals surface area contributed by atoms with Crippen molar-refractivity contribution in [3.05, 3.63) is 38.2 Å². The quantitative estimate of drug-likeness (QED) is 0.795. The molecule has 0 aliphatic carbocycles. The SMILES string of the molecule is CS(=O)(=O)c1ccc2[nH]cc(I)c(=O)c2c1. The first-order valence-electron chi connectivity index (χ1n) is 4.40. The van der Waals surface area contributed by atoms with Crippen LogP contribution in [-0.2, 0) is 9.84 Å². The number of benzene rings is 1. The van der Waals surface area contributed by atoms with E-state index < -0.39 is 9.84 Å². The molecule has 0 saturated heterocycles. The average Bonchev–Trinajstić information content (AvgIpc) is 2.22. The lowest BCUT2D eigenvalue weighted by Crippen LogP contribution is -2.07. The molecule has 0 radical (unpaired) electrons. The van der Waals surface area contributed by atoms with Crippen molar-refractivity contribution in [1.82, 2.24) is 4.98 Å². The Morgan fingerprint density at radius 3 is 2.62 bits per heavy atom. The Hall–Kier alpha value is -0.890. The highest BCUT2D eigenvalue weighted by Crippen LogP contribution is 2.15. The molecule has 0 saturated carbocycles.